The normalized spacial score (nSPS) is 11.2. The number of aromatic carboxylic acids is 1. The summed E-state index contributed by atoms with van der Waals surface area (Å²) in [6, 6.07) is 4.68. The van der Waals surface area contributed by atoms with Gasteiger partial charge in [0.05, 0.1) is 11.1 Å². The van der Waals surface area contributed by atoms with Crippen LogP contribution in [0, 0.1) is 5.82 Å². The number of halogens is 1. The Morgan fingerprint density at radius 1 is 1.44 bits per heavy atom. The SMILES string of the molecule is CC(C)n1cc(C(=O)O)c2c(F)cccc21. The molecule has 0 unspecified atom stereocenters. The Labute approximate surface area is 92.1 Å². The monoisotopic (exact) mass is 221 g/mol. The Morgan fingerprint density at radius 2 is 2.12 bits per heavy atom. The molecule has 0 aliphatic carbocycles. The summed E-state index contributed by atoms with van der Waals surface area (Å²) < 4.78 is 15.4. The molecule has 0 aliphatic rings. The summed E-state index contributed by atoms with van der Waals surface area (Å²) in [5.74, 6) is -1.59. The molecular weight excluding hydrogens is 209 g/mol. The van der Waals surface area contributed by atoms with Gasteiger partial charge in [-0.05, 0) is 26.0 Å². The molecule has 0 fully saturated rings. The van der Waals surface area contributed by atoms with Crippen LogP contribution < -0.4 is 0 Å². The number of nitrogens with zero attached hydrogens (tertiary/aromatic N) is 1. The van der Waals surface area contributed by atoms with Crippen LogP contribution in [0.3, 0.4) is 0 Å². The summed E-state index contributed by atoms with van der Waals surface area (Å²) in [6.07, 6.45) is 1.49. The molecule has 1 aromatic heterocycles. The highest BCUT2D eigenvalue weighted by atomic mass is 19.1. The van der Waals surface area contributed by atoms with Crippen LogP contribution in [0.5, 0.6) is 0 Å². The number of hydrogen-bond donors (Lipinski definition) is 1. The largest absolute Gasteiger partial charge is 0.478 e. The topological polar surface area (TPSA) is 42.2 Å². The summed E-state index contributed by atoms with van der Waals surface area (Å²) >= 11 is 0. The summed E-state index contributed by atoms with van der Waals surface area (Å²) in [6.45, 7) is 3.85. The summed E-state index contributed by atoms with van der Waals surface area (Å²) in [5.41, 5.74) is 0.634. The highest BCUT2D eigenvalue weighted by molar-refractivity contribution is 6.03. The lowest BCUT2D eigenvalue weighted by molar-refractivity contribution is 0.0698. The van der Waals surface area contributed by atoms with Crippen molar-refractivity contribution in [1.29, 1.82) is 0 Å². The molecule has 0 saturated carbocycles. The molecule has 84 valence electrons. The minimum absolute atomic E-state index is 0.0156. The van der Waals surface area contributed by atoms with Gasteiger partial charge in [0.1, 0.15) is 5.82 Å². The minimum Gasteiger partial charge on any atom is -0.478 e. The second-order valence-corrected chi connectivity index (χ2v) is 3.98. The molecule has 4 heteroatoms. The van der Waals surface area contributed by atoms with Gasteiger partial charge in [0, 0.05) is 17.6 Å². The van der Waals surface area contributed by atoms with Crippen LogP contribution in [0.1, 0.15) is 30.2 Å². The number of carboxylic acids is 1. The molecule has 2 aromatic rings. The lowest BCUT2D eigenvalue weighted by Gasteiger charge is -2.08. The summed E-state index contributed by atoms with van der Waals surface area (Å²) in [7, 11) is 0. The molecule has 1 aromatic carbocycles. The molecule has 2 rings (SSSR count). The van der Waals surface area contributed by atoms with E-state index in [9.17, 15) is 9.18 Å². The zero-order valence-electron chi connectivity index (χ0n) is 9.07. The lowest BCUT2D eigenvalue weighted by atomic mass is 10.1. The third-order valence-corrected chi connectivity index (χ3v) is 2.59. The Kier molecular flexibility index (Phi) is 2.42. The van der Waals surface area contributed by atoms with Crippen molar-refractivity contribution in [1.82, 2.24) is 4.57 Å². The van der Waals surface area contributed by atoms with Crippen molar-refractivity contribution in [3.05, 3.63) is 35.8 Å². The molecule has 1 N–H and O–H groups in total. The van der Waals surface area contributed by atoms with Crippen molar-refractivity contribution in [2.24, 2.45) is 0 Å². The predicted octanol–water partition coefficient (Wildman–Crippen LogP) is 3.06. The van der Waals surface area contributed by atoms with Gasteiger partial charge in [0.2, 0.25) is 0 Å². The van der Waals surface area contributed by atoms with Crippen molar-refractivity contribution >= 4 is 16.9 Å². The fourth-order valence-corrected chi connectivity index (χ4v) is 1.86. The Balaban J connectivity index is 2.87. The summed E-state index contributed by atoms with van der Waals surface area (Å²) in [5, 5.41) is 9.21. The maximum atomic E-state index is 13.6. The van der Waals surface area contributed by atoms with Gasteiger partial charge in [0.25, 0.3) is 0 Å². The molecule has 0 aliphatic heterocycles. The molecule has 16 heavy (non-hydrogen) atoms. The molecule has 0 atom stereocenters. The first-order chi connectivity index (χ1) is 7.52. The van der Waals surface area contributed by atoms with Gasteiger partial charge in [-0.3, -0.25) is 0 Å². The van der Waals surface area contributed by atoms with Gasteiger partial charge in [-0.15, -0.1) is 0 Å². The molecule has 0 amide bonds. The maximum absolute atomic E-state index is 13.6. The van der Waals surface area contributed by atoms with E-state index in [1.165, 1.54) is 12.3 Å². The van der Waals surface area contributed by atoms with Crippen LogP contribution in [-0.4, -0.2) is 15.6 Å². The molecule has 0 spiro atoms. The Morgan fingerprint density at radius 3 is 2.69 bits per heavy atom. The zero-order valence-corrected chi connectivity index (χ0v) is 9.07. The Hall–Kier alpha value is -1.84. The van der Waals surface area contributed by atoms with E-state index in [4.69, 9.17) is 5.11 Å². The first-order valence-corrected chi connectivity index (χ1v) is 5.04. The molecule has 0 saturated heterocycles. The minimum atomic E-state index is -1.10. The highest BCUT2D eigenvalue weighted by Crippen LogP contribution is 2.26. The van der Waals surface area contributed by atoms with Crippen molar-refractivity contribution < 1.29 is 14.3 Å². The van der Waals surface area contributed by atoms with E-state index >= 15 is 0 Å². The van der Waals surface area contributed by atoms with Crippen LogP contribution in [0.25, 0.3) is 10.9 Å². The number of fused-ring (bicyclic) bond motifs is 1. The van der Waals surface area contributed by atoms with Crippen molar-refractivity contribution in [3.63, 3.8) is 0 Å². The third-order valence-electron chi connectivity index (χ3n) is 2.59. The lowest BCUT2D eigenvalue weighted by Crippen LogP contribution is -1.98. The van der Waals surface area contributed by atoms with Crippen LogP contribution >= 0.6 is 0 Å². The zero-order chi connectivity index (χ0) is 11.9. The number of carboxylic acid groups (broad SMARTS) is 1. The molecule has 0 radical (unpaired) electrons. The van der Waals surface area contributed by atoms with Gasteiger partial charge in [-0.1, -0.05) is 6.07 Å². The smallest absolute Gasteiger partial charge is 0.337 e. The van der Waals surface area contributed by atoms with E-state index in [-0.39, 0.29) is 17.0 Å². The van der Waals surface area contributed by atoms with Gasteiger partial charge >= 0.3 is 5.97 Å². The average molecular weight is 221 g/mol. The van der Waals surface area contributed by atoms with E-state index in [0.29, 0.717) is 5.52 Å². The molecular formula is C12H12FNO2. The third kappa shape index (κ3) is 1.46. The van der Waals surface area contributed by atoms with Gasteiger partial charge in [-0.25, -0.2) is 9.18 Å². The van der Waals surface area contributed by atoms with Crippen molar-refractivity contribution in [2.75, 3.05) is 0 Å². The van der Waals surface area contributed by atoms with Gasteiger partial charge < -0.3 is 9.67 Å². The van der Waals surface area contributed by atoms with E-state index in [2.05, 4.69) is 0 Å². The van der Waals surface area contributed by atoms with Crippen molar-refractivity contribution in [3.8, 4) is 0 Å². The first kappa shape index (κ1) is 10.7. The van der Waals surface area contributed by atoms with Gasteiger partial charge in [-0.2, -0.15) is 0 Å². The average Bonchev–Trinajstić information content (AvgIpc) is 2.58. The quantitative estimate of drug-likeness (QED) is 0.846. The number of rotatable bonds is 2. The predicted molar refractivity (Wildman–Crippen MR) is 59.2 cm³/mol. The van der Waals surface area contributed by atoms with Crippen LogP contribution in [0.4, 0.5) is 4.39 Å². The summed E-state index contributed by atoms with van der Waals surface area (Å²) in [4.78, 5) is 11.0. The number of carbonyl (C=O) groups is 1. The van der Waals surface area contributed by atoms with Crippen LogP contribution in [0.15, 0.2) is 24.4 Å². The second-order valence-electron chi connectivity index (χ2n) is 3.98. The van der Waals surface area contributed by atoms with E-state index < -0.39 is 11.8 Å². The van der Waals surface area contributed by atoms with Crippen molar-refractivity contribution in [2.45, 2.75) is 19.9 Å². The van der Waals surface area contributed by atoms with E-state index in [0.717, 1.165) is 0 Å². The first-order valence-electron chi connectivity index (χ1n) is 5.04. The molecule has 0 bridgehead atoms. The van der Waals surface area contributed by atoms with E-state index in [1.54, 1.807) is 16.7 Å². The Bertz CT molecular complexity index is 557. The fourth-order valence-electron chi connectivity index (χ4n) is 1.86. The second kappa shape index (κ2) is 3.63. The van der Waals surface area contributed by atoms with E-state index in [1.807, 2.05) is 13.8 Å². The standard InChI is InChI=1S/C12H12FNO2/c1-7(2)14-6-8(12(15)16)11-9(13)4-3-5-10(11)14/h3-7H,1-2H3,(H,15,16). The van der Waals surface area contributed by atoms with Gasteiger partial charge in [0.15, 0.2) is 0 Å². The molecule has 1 heterocycles. The van der Waals surface area contributed by atoms with Crippen LogP contribution in [0.2, 0.25) is 0 Å². The highest BCUT2D eigenvalue weighted by Gasteiger charge is 2.18. The number of benzene rings is 1. The fraction of sp³-hybridized carbons (Fsp3) is 0.250. The van der Waals surface area contributed by atoms with Crippen LogP contribution in [-0.2, 0) is 0 Å². The number of aromatic nitrogens is 1. The molecule has 3 nitrogen and oxygen atoms in total. The maximum Gasteiger partial charge on any atom is 0.337 e. The number of hydrogen-bond acceptors (Lipinski definition) is 1.